The lowest BCUT2D eigenvalue weighted by molar-refractivity contribution is 0.0701. The lowest BCUT2D eigenvalue weighted by atomic mass is 10.1. The van der Waals surface area contributed by atoms with Crippen molar-refractivity contribution in [3.63, 3.8) is 0 Å². The van der Waals surface area contributed by atoms with Gasteiger partial charge in [-0.05, 0) is 12.5 Å². The largest absolute Gasteiger partial charge is 0.477 e. The molecule has 0 atom stereocenters. The Kier molecular flexibility index (Phi) is 4.70. The van der Waals surface area contributed by atoms with Crippen molar-refractivity contribution in [3.8, 4) is 0 Å². The van der Waals surface area contributed by atoms with Gasteiger partial charge in [0.1, 0.15) is 4.88 Å². The highest BCUT2D eigenvalue weighted by molar-refractivity contribution is 7.28. The van der Waals surface area contributed by atoms with Gasteiger partial charge in [0.2, 0.25) is 0 Å². The summed E-state index contributed by atoms with van der Waals surface area (Å²) in [5, 5.41) is 11.9. The molecule has 1 aromatic heterocycles. The molecule has 4 nitrogen and oxygen atoms in total. The molecule has 1 amide bonds. The molecular weight excluding hydrogens is 278 g/mol. The predicted octanol–water partition coefficient (Wildman–Crippen LogP) is 2.22. The Labute approximate surface area is 118 Å². The second kappa shape index (κ2) is 5.71. The van der Waals surface area contributed by atoms with E-state index in [0.29, 0.717) is 17.7 Å². The van der Waals surface area contributed by atoms with Crippen LogP contribution in [0.2, 0.25) is 19.6 Å². The fourth-order valence-electron chi connectivity index (χ4n) is 1.77. The Bertz CT molecular complexity index is 529. The lowest BCUT2D eigenvalue weighted by Gasteiger charge is -2.16. The normalized spacial score (nSPS) is 11.2. The fourth-order valence-corrected chi connectivity index (χ4v) is 5.25. The number of carboxylic acid groups (broad SMARTS) is 1. The summed E-state index contributed by atoms with van der Waals surface area (Å²) in [5.41, 5.74) is 1.11. The van der Waals surface area contributed by atoms with E-state index in [1.54, 1.807) is 13.0 Å². The summed E-state index contributed by atoms with van der Waals surface area (Å²) < 4.78 is 0.934. The molecule has 1 rings (SSSR count). The number of carbonyl (C=O) groups excluding carboxylic acids is 1. The summed E-state index contributed by atoms with van der Waals surface area (Å²) in [6.45, 7) is 11.9. The number of carbonyl (C=O) groups is 2. The molecule has 0 radical (unpaired) electrons. The summed E-state index contributed by atoms with van der Waals surface area (Å²) >= 11 is 1.24. The zero-order valence-electron chi connectivity index (χ0n) is 11.7. The van der Waals surface area contributed by atoms with Crippen LogP contribution in [0.5, 0.6) is 0 Å². The van der Waals surface area contributed by atoms with Crippen molar-refractivity contribution >= 4 is 35.8 Å². The maximum atomic E-state index is 12.2. The lowest BCUT2D eigenvalue weighted by Crippen LogP contribution is -2.41. The van der Waals surface area contributed by atoms with Gasteiger partial charge in [-0.2, -0.15) is 0 Å². The van der Waals surface area contributed by atoms with Crippen LogP contribution in [0, 0.1) is 6.92 Å². The third-order valence-electron chi connectivity index (χ3n) is 2.66. The fraction of sp³-hybridized carbons (Fsp3) is 0.385. The zero-order valence-corrected chi connectivity index (χ0v) is 13.5. The highest BCUT2D eigenvalue weighted by Gasteiger charge is 2.31. The Balaban J connectivity index is 3.38. The van der Waals surface area contributed by atoms with E-state index in [-0.39, 0.29) is 10.8 Å². The van der Waals surface area contributed by atoms with Crippen molar-refractivity contribution in [1.82, 2.24) is 5.32 Å². The van der Waals surface area contributed by atoms with E-state index in [2.05, 4.69) is 31.5 Å². The molecule has 1 aromatic rings. The molecule has 0 aliphatic carbocycles. The number of rotatable bonds is 5. The second-order valence-electron chi connectivity index (χ2n) is 5.31. The van der Waals surface area contributed by atoms with Crippen LogP contribution in [0.25, 0.3) is 0 Å². The standard InChI is InChI=1S/C13H19NO3SSi/c1-6-7-14-11(15)9-8(2)10(12(16)17)18-13(9)19(3,4)5/h6H,1,7H2,2-5H3,(H,14,15)(H,16,17). The molecule has 0 saturated heterocycles. The maximum absolute atomic E-state index is 12.2. The molecule has 0 fully saturated rings. The van der Waals surface area contributed by atoms with Crippen LogP contribution < -0.4 is 9.82 Å². The molecule has 0 aliphatic rings. The van der Waals surface area contributed by atoms with E-state index in [1.165, 1.54) is 11.3 Å². The first-order valence-electron chi connectivity index (χ1n) is 5.96. The number of amides is 1. The van der Waals surface area contributed by atoms with Crippen LogP contribution >= 0.6 is 11.3 Å². The number of carboxylic acids is 1. The highest BCUT2D eigenvalue weighted by Crippen LogP contribution is 2.24. The SMILES string of the molecule is C=CCNC(=O)c1c([Si](C)(C)C)sc(C(=O)O)c1C. The second-order valence-corrected chi connectivity index (χ2v) is 11.7. The first-order valence-corrected chi connectivity index (χ1v) is 10.3. The van der Waals surface area contributed by atoms with Gasteiger partial charge < -0.3 is 10.4 Å². The van der Waals surface area contributed by atoms with Gasteiger partial charge in [0.05, 0.1) is 13.6 Å². The van der Waals surface area contributed by atoms with E-state index in [9.17, 15) is 14.7 Å². The molecule has 0 aromatic carbocycles. The molecular formula is C13H19NO3SSi. The van der Waals surface area contributed by atoms with E-state index in [0.717, 1.165) is 4.50 Å². The van der Waals surface area contributed by atoms with Crippen LogP contribution in [0.15, 0.2) is 12.7 Å². The van der Waals surface area contributed by atoms with Crippen LogP contribution in [0.4, 0.5) is 0 Å². The van der Waals surface area contributed by atoms with Crippen molar-refractivity contribution < 1.29 is 14.7 Å². The van der Waals surface area contributed by atoms with Crippen molar-refractivity contribution in [3.05, 3.63) is 28.7 Å². The topological polar surface area (TPSA) is 66.4 Å². The smallest absolute Gasteiger partial charge is 0.346 e. The number of hydrogen-bond donors (Lipinski definition) is 2. The molecule has 0 unspecified atom stereocenters. The van der Waals surface area contributed by atoms with Crippen molar-refractivity contribution in [1.29, 1.82) is 0 Å². The Hall–Kier alpha value is -1.40. The molecule has 0 aliphatic heterocycles. The Morgan fingerprint density at radius 1 is 1.42 bits per heavy atom. The molecule has 19 heavy (non-hydrogen) atoms. The van der Waals surface area contributed by atoms with E-state index < -0.39 is 14.0 Å². The van der Waals surface area contributed by atoms with E-state index in [4.69, 9.17) is 0 Å². The van der Waals surface area contributed by atoms with Crippen molar-refractivity contribution in [2.75, 3.05) is 6.54 Å². The van der Waals surface area contributed by atoms with E-state index >= 15 is 0 Å². The first-order chi connectivity index (χ1) is 8.70. The summed E-state index contributed by atoms with van der Waals surface area (Å²) in [6, 6.07) is 0. The van der Waals surface area contributed by atoms with Gasteiger partial charge in [-0.15, -0.1) is 17.9 Å². The summed E-state index contributed by atoms with van der Waals surface area (Å²) in [4.78, 5) is 23.7. The number of thiophene rings is 1. The van der Waals surface area contributed by atoms with Crippen LogP contribution in [-0.4, -0.2) is 31.6 Å². The Morgan fingerprint density at radius 2 is 2.00 bits per heavy atom. The van der Waals surface area contributed by atoms with Gasteiger partial charge in [0.25, 0.3) is 5.91 Å². The van der Waals surface area contributed by atoms with Crippen LogP contribution in [-0.2, 0) is 0 Å². The number of hydrogen-bond acceptors (Lipinski definition) is 3. The molecule has 0 bridgehead atoms. The van der Waals surface area contributed by atoms with Gasteiger partial charge in [0, 0.05) is 11.0 Å². The molecule has 0 spiro atoms. The summed E-state index contributed by atoms with van der Waals surface area (Å²) in [5.74, 6) is -1.18. The maximum Gasteiger partial charge on any atom is 0.346 e. The van der Waals surface area contributed by atoms with Gasteiger partial charge in [-0.1, -0.05) is 25.7 Å². The number of nitrogens with one attached hydrogen (secondary N) is 1. The average Bonchev–Trinajstić information content (AvgIpc) is 2.63. The van der Waals surface area contributed by atoms with Crippen LogP contribution in [0.1, 0.15) is 25.6 Å². The Morgan fingerprint density at radius 3 is 2.42 bits per heavy atom. The minimum absolute atomic E-state index is 0.210. The summed E-state index contributed by atoms with van der Waals surface area (Å²) in [6.07, 6.45) is 1.60. The summed E-state index contributed by atoms with van der Waals surface area (Å²) in [7, 11) is -1.77. The predicted molar refractivity (Wildman–Crippen MR) is 81.5 cm³/mol. The third kappa shape index (κ3) is 3.33. The molecule has 0 saturated carbocycles. The highest BCUT2D eigenvalue weighted by atomic mass is 32.1. The third-order valence-corrected chi connectivity index (χ3v) is 7.51. The minimum Gasteiger partial charge on any atom is -0.477 e. The molecule has 104 valence electrons. The quantitative estimate of drug-likeness (QED) is 0.647. The number of aromatic carboxylic acids is 1. The van der Waals surface area contributed by atoms with Crippen LogP contribution in [0.3, 0.4) is 0 Å². The van der Waals surface area contributed by atoms with Gasteiger partial charge >= 0.3 is 5.97 Å². The monoisotopic (exact) mass is 297 g/mol. The minimum atomic E-state index is -1.77. The average molecular weight is 297 g/mol. The van der Waals surface area contributed by atoms with Crippen molar-refractivity contribution in [2.24, 2.45) is 0 Å². The van der Waals surface area contributed by atoms with Crippen molar-refractivity contribution in [2.45, 2.75) is 26.6 Å². The van der Waals surface area contributed by atoms with Gasteiger partial charge in [-0.3, -0.25) is 4.79 Å². The molecule has 6 heteroatoms. The molecule has 1 heterocycles. The van der Waals surface area contributed by atoms with E-state index in [1.807, 2.05) is 0 Å². The van der Waals surface area contributed by atoms with Gasteiger partial charge in [0.15, 0.2) is 0 Å². The zero-order chi connectivity index (χ0) is 14.8. The molecule has 2 N–H and O–H groups in total. The van der Waals surface area contributed by atoms with Gasteiger partial charge in [-0.25, -0.2) is 4.79 Å². The first kappa shape index (κ1) is 15.7.